The summed E-state index contributed by atoms with van der Waals surface area (Å²) in [5, 5.41) is 11.1. The molecule has 0 spiro atoms. The molecule has 0 aliphatic rings. The third-order valence-electron chi connectivity index (χ3n) is 4.67. The zero-order valence-corrected chi connectivity index (χ0v) is 18.9. The molecule has 1 heterocycles. The Balaban J connectivity index is 1.77. The standard InChI is InChI=1S/C23H22Cl2N4O2/c1-14-19(15(2)29(28-14)13-17-6-4-5-7-20(17)25)9-11-23(31)27-22-12-18(24)8-10-21(22)26-16(3)30/h4-12H,13H2,1-3H3,(H,26,30)(H,27,31). The molecule has 0 saturated heterocycles. The van der Waals surface area contributed by atoms with E-state index in [9.17, 15) is 9.59 Å². The van der Waals surface area contributed by atoms with E-state index >= 15 is 0 Å². The van der Waals surface area contributed by atoms with Crippen molar-refractivity contribution in [2.45, 2.75) is 27.3 Å². The molecule has 0 aliphatic heterocycles. The SMILES string of the molecule is CC(=O)Nc1ccc(Cl)cc1NC(=O)C=Cc1c(C)nn(Cc2ccccc2Cl)c1C. The van der Waals surface area contributed by atoms with Gasteiger partial charge in [0.2, 0.25) is 11.8 Å². The van der Waals surface area contributed by atoms with Crippen LogP contribution in [-0.4, -0.2) is 21.6 Å². The van der Waals surface area contributed by atoms with Gasteiger partial charge in [0.15, 0.2) is 0 Å². The Morgan fingerprint density at radius 2 is 1.81 bits per heavy atom. The zero-order valence-electron chi connectivity index (χ0n) is 17.4. The van der Waals surface area contributed by atoms with E-state index < -0.39 is 0 Å². The maximum absolute atomic E-state index is 12.5. The number of hydrogen-bond acceptors (Lipinski definition) is 3. The number of aryl methyl sites for hydroxylation is 1. The number of nitrogens with zero attached hydrogens (tertiary/aromatic N) is 2. The number of halogens is 2. The van der Waals surface area contributed by atoms with Crippen LogP contribution in [0.5, 0.6) is 0 Å². The highest BCUT2D eigenvalue weighted by Gasteiger charge is 2.12. The molecule has 0 radical (unpaired) electrons. The molecule has 0 bridgehead atoms. The van der Waals surface area contributed by atoms with Crippen LogP contribution in [-0.2, 0) is 16.1 Å². The molecule has 0 saturated carbocycles. The Morgan fingerprint density at radius 1 is 1.06 bits per heavy atom. The van der Waals surface area contributed by atoms with Crippen LogP contribution in [0.15, 0.2) is 48.5 Å². The smallest absolute Gasteiger partial charge is 0.248 e. The fraction of sp³-hybridized carbons (Fsp3) is 0.174. The first kappa shape index (κ1) is 22.6. The van der Waals surface area contributed by atoms with Gasteiger partial charge >= 0.3 is 0 Å². The van der Waals surface area contributed by atoms with E-state index in [0.29, 0.717) is 28.0 Å². The number of nitrogens with one attached hydrogen (secondary N) is 2. The van der Waals surface area contributed by atoms with Gasteiger partial charge in [0.05, 0.1) is 23.6 Å². The van der Waals surface area contributed by atoms with Crippen molar-refractivity contribution in [3.05, 3.63) is 81.1 Å². The predicted octanol–water partition coefficient (Wildman–Crippen LogP) is 5.47. The second-order valence-electron chi connectivity index (χ2n) is 7.03. The molecule has 3 aromatic rings. The number of anilines is 2. The molecule has 3 rings (SSSR count). The van der Waals surface area contributed by atoms with Gasteiger partial charge in [-0.25, -0.2) is 0 Å². The van der Waals surface area contributed by atoms with Gasteiger partial charge in [0.1, 0.15) is 0 Å². The Labute approximate surface area is 190 Å². The lowest BCUT2D eigenvalue weighted by Gasteiger charge is -2.10. The third-order valence-corrected chi connectivity index (χ3v) is 5.27. The van der Waals surface area contributed by atoms with Gasteiger partial charge in [-0.2, -0.15) is 5.10 Å². The number of aromatic nitrogens is 2. The number of amides is 2. The fourth-order valence-corrected chi connectivity index (χ4v) is 3.51. The fourth-order valence-electron chi connectivity index (χ4n) is 3.15. The highest BCUT2D eigenvalue weighted by Crippen LogP contribution is 2.26. The molecule has 0 fully saturated rings. The van der Waals surface area contributed by atoms with Gasteiger partial charge in [-0.1, -0.05) is 41.4 Å². The minimum atomic E-state index is -0.355. The number of carbonyl (C=O) groups is 2. The lowest BCUT2D eigenvalue weighted by Crippen LogP contribution is -2.13. The van der Waals surface area contributed by atoms with Crippen molar-refractivity contribution in [3.8, 4) is 0 Å². The van der Waals surface area contributed by atoms with Crippen molar-refractivity contribution in [1.29, 1.82) is 0 Å². The van der Waals surface area contributed by atoms with E-state index in [4.69, 9.17) is 23.2 Å². The molecule has 2 N–H and O–H groups in total. The Kier molecular flexibility index (Phi) is 7.15. The van der Waals surface area contributed by atoms with Crippen LogP contribution >= 0.6 is 23.2 Å². The normalized spacial score (nSPS) is 11.0. The summed E-state index contributed by atoms with van der Waals surface area (Å²) >= 11 is 12.3. The van der Waals surface area contributed by atoms with E-state index in [1.54, 1.807) is 24.3 Å². The molecular weight excluding hydrogens is 435 g/mol. The summed E-state index contributed by atoms with van der Waals surface area (Å²) in [6.45, 7) is 5.76. The minimum absolute atomic E-state index is 0.245. The lowest BCUT2D eigenvalue weighted by molar-refractivity contribution is -0.114. The Bertz CT molecular complexity index is 1170. The van der Waals surface area contributed by atoms with Gasteiger partial charge in [0, 0.05) is 34.3 Å². The molecule has 2 amide bonds. The largest absolute Gasteiger partial charge is 0.325 e. The van der Waals surface area contributed by atoms with Crippen molar-refractivity contribution >= 4 is 52.5 Å². The second kappa shape index (κ2) is 9.81. The van der Waals surface area contributed by atoms with E-state index in [0.717, 1.165) is 22.5 Å². The van der Waals surface area contributed by atoms with Crippen LogP contribution in [0.3, 0.4) is 0 Å². The number of benzene rings is 2. The highest BCUT2D eigenvalue weighted by atomic mass is 35.5. The van der Waals surface area contributed by atoms with Gasteiger partial charge in [0.25, 0.3) is 0 Å². The molecule has 0 atom stereocenters. The lowest BCUT2D eigenvalue weighted by atomic mass is 10.1. The van der Waals surface area contributed by atoms with Crippen LogP contribution < -0.4 is 10.6 Å². The van der Waals surface area contributed by atoms with Gasteiger partial charge in [-0.05, 0) is 49.8 Å². The van der Waals surface area contributed by atoms with Gasteiger partial charge < -0.3 is 10.6 Å². The van der Waals surface area contributed by atoms with Crippen molar-refractivity contribution in [1.82, 2.24) is 9.78 Å². The first-order chi connectivity index (χ1) is 14.7. The topological polar surface area (TPSA) is 76.0 Å². The van der Waals surface area contributed by atoms with Crippen molar-refractivity contribution in [2.24, 2.45) is 0 Å². The summed E-state index contributed by atoms with van der Waals surface area (Å²) in [6.07, 6.45) is 3.15. The first-order valence-corrected chi connectivity index (χ1v) is 10.3. The zero-order chi connectivity index (χ0) is 22.5. The number of rotatable bonds is 6. The van der Waals surface area contributed by atoms with Crippen molar-refractivity contribution in [3.63, 3.8) is 0 Å². The third kappa shape index (κ3) is 5.75. The van der Waals surface area contributed by atoms with Crippen LogP contribution in [0.4, 0.5) is 11.4 Å². The summed E-state index contributed by atoms with van der Waals surface area (Å²) in [6, 6.07) is 12.5. The molecular formula is C23H22Cl2N4O2. The highest BCUT2D eigenvalue weighted by molar-refractivity contribution is 6.31. The number of carbonyl (C=O) groups excluding carboxylic acids is 2. The van der Waals surface area contributed by atoms with Crippen molar-refractivity contribution in [2.75, 3.05) is 10.6 Å². The van der Waals surface area contributed by atoms with Crippen LogP contribution in [0, 0.1) is 13.8 Å². The van der Waals surface area contributed by atoms with E-state index in [2.05, 4.69) is 15.7 Å². The van der Waals surface area contributed by atoms with Gasteiger partial charge in [-0.3, -0.25) is 14.3 Å². The summed E-state index contributed by atoms with van der Waals surface area (Å²) in [5.74, 6) is -0.600. The summed E-state index contributed by atoms with van der Waals surface area (Å²) in [5.41, 5.74) is 4.43. The molecule has 0 aliphatic carbocycles. The maximum Gasteiger partial charge on any atom is 0.248 e. The molecule has 31 heavy (non-hydrogen) atoms. The quantitative estimate of drug-likeness (QED) is 0.483. The summed E-state index contributed by atoms with van der Waals surface area (Å²) < 4.78 is 1.86. The van der Waals surface area contributed by atoms with Crippen LogP contribution in [0.2, 0.25) is 10.0 Å². The minimum Gasteiger partial charge on any atom is -0.325 e. The monoisotopic (exact) mass is 456 g/mol. The molecule has 2 aromatic carbocycles. The van der Waals surface area contributed by atoms with Crippen LogP contribution in [0.25, 0.3) is 6.08 Å². The van der Waals surface area contributed by atoms with E-state index in [1.807, 2.05) is 42.8 Å². The average molecular weight is 457 g/mol. The van der Waals surface area contributed by atoms with E-state index in [1.165, 1.54) is 13.0 Å². The average Bonchev–Trinajstić information content (AvgIpc) is 2.96. The maximum atomic E-state index is 12.5. The molecule has 6 nitrogen and oxygen atoms in total. The number of hydrogen-bond donors (Lipinski definition) is 2. The Morgan fingerprint density at radius 3 is 2.52 bits per heavy atom. The molecule has 1 aromatic heterocycles. The molecule has 160 valence electrons. The van der Waals surface area contributed by atoms with Crippen LogP contribution in [0.1, 0.15) is 29.4 Å². The molecule has 0 unspecified atom stereocenters. The summed E-state index contributed by atoms with van der Waals surface area (Å²) in [7, 11) is 0. The van der Waals surface area contributed by atoms with Crippen molar-refractivity contribution < 1.29 is 9.59 Å². The predicted molar refractivity (Wildman–Crippen MR) is 126 cm³/mol. The summed E-state index contributed by atoms with van der Waals surface area (Å²) in [4.78, 5) is 23.9. The van der Waals surface area contributed by atoms with E-state index in [-0.39, 0.29) is 11.8 Å². The molecule has 8 heteroatoms. The first-order valence-electron chi connectivity index (χ1n) is 9.58. The Hall–Kier alpha value is -3.09. The second-order valence-corrected chi connectivity index (χ2v) is 7.87. The van der Waals surface area contributed by atoms with Gasteiger partial charge in [-0.15, -0.1) is 0 Å².